The molecule has 0 bridgehead atoms. The van der Waals surface area contributed by atoms with Gasteiger partial charge >= 0.3 is 11.2 Å². The summed E-state index contributed by atoms with van der Waals surface area (Å²) in [6.07, 6.45) is -4.81. The van der Waals surface area contributed by atoms with Gasteiger partial charge in [0.25, 0.3) is 5.91 Å². The zero-order valence-corrected chi connectivity index (χ0v) is 17.3. The van der Waals surface area contributed by atoms with Crippen molar-refractivity contribution in [2.45, 2.75) is 11.1 Å². The number of halogens is 4. The summed E-state index contributed by atoms with van der Waals surface area (Å²) in [5.74, 6) is -0.484. The number of amides is 1. The topological polar surface area (TPSA) is 101 Å². The van der Waals surface area contributed by atoms with Gasteiger partial charge in [0.1, 0.15) is 0 Å². The van der Waals surface area contributed by atoms with Crippen LogP contribution in [0, 0.1) is 10.1 Å². The van der Waals surface area contributed by atoms with Crippen molar-refractivity contribution in [1.82, 2.24) is 9.21 Å². The van der Waals surface area contributed by atoms with E-state index in [4.69, 9.17) is 11.6 Å². The highest BCUT2D eigenvalue weighted by molar-refractivity contribution is 7.89. The standard InChI is InChI=1S/C16H13ClF3N3O5S2/c17-13-2-1-11(8-12(13)16(18,19)20)30(27,28)22-5-3-21(4-6-22)15(24)10-7-14(23(25)26)29-9-10/h1-2,7-9H,3-6H2. The van der Waals surface area contributed by atoms with E-state index >= 15 is 0 Å². The fraction of sp³-hybridized carbons (Fsp3) is 0.312. The maximum Gasteiger partial charge on any atom is 0.417 e. The van der Waals surface area contributed by atoms with Crippen LogP contribution in [0.2, 0.25) is 5.02 Å². The van der Waals surface area contributed by atoms with Gasteiger partial charge in [-0.3, -0.25) is 14.9 Å². The van der Waals surface area contributed by atoms with E-state index in [-0.39, 0.29) is 36.7 Å². The molecule has 1 amide bonds. The number of hydrogen-bond acceptors (Lipinski definition) is 6. The first kappa shape index (κ1) is 22.5. The van der Waals surface area contributed by atoms with Crippen molar-refractivity contribution in [3.63, 3.8) is 0 Å². The number of sulfonamides is 1. The third-order valence-electron chi connectivity index (χ3n) is 4.42. The van der Waals surface area contributed by atoms with Gasteiger partial charge < -0.3 is 4.90 Å². The molecule has 0 aliphatic carbocycles. The molecular weight excluding hydrogens is 471 g/mol. The summed E-state index contributed by atoms with van der Waals surface area (Å²) in [6, 6.07) is 3.50. The smallest absolute Gasteiger partial charge is 0.336 e. The molecule has 0 radical (unpaired) electrons. The number of piperazine rings is 1. The Balaban J connectivity index is 1.74. The second-order valence-electron chi connectivity index (χ2n) is 6.27. The summed E-state index contributed by atoms with van der Waals surface area (Å²) in [4.78, 5) is 23.4. The van der Waals surface area contributed by atoms with E-state index in [0.717, 1.165) is 33.8 Å². The van der Waals surface area contributed by atoms with Gasteiger partial charge in [0.15, 0.2) is 0 Å². The Morgan fingerprint density at radius 1 is 1.17 bits per heavy atom. The molecule has 1 fully saturated rings. The molecule has 2 aromatic rings. The molecule has 1 aliphatic rings. The third kappa shape index (κ3) is 4.43. The molecule has 162 valence electrons. The Morgan fingerprint density at radius 3 is 2.33 bits per heavy atom. The number of nitro groups is 1. The van der Waals surface area contributed by atoms with Crippen LogP contribution in [-0.2, 0) is 16.2 Å². The minimum atomic E-state index is -4.81. The van der Waals surface area contributed by atoms with Gasteiger partial charge in [-0.05, 0) is 18.2 Å². The maximum absolute atomic E-state index is 13.0. The number of carbonyl (C=O) groups excluding carboxylic acids is 1. The fourth-order valence-corrected chi connectivity index (χ4v) is 5.25. The summed E-state index contributed by atoms with van der Waals surface area (Å²) in [7, 11) is -4.23. The lowest BCUT2D eigenvalue weighted by atomic mass is 10.2. The average molecular weight is 484 g/mol. The Bertz CT molecular complexity index is 1100. The molecule has 14 heteroatoms. The summed E-state index contributed by atoms with van der Waals surface area (Å²) in [6.45, 7) is -0.294. The van der Waals surface area contributed by atoms with Gasteiger partial charge in [0.05, 0.1) is 26.0 Å². The lowest BCUT2D eigenvalue weighted by molar-refractivity contribution is -0.380. The van der Waals surface area contributed by atoms with E-state index in [1.54, 1.807) is 0 Å². The second-order valence-corrected chi connectivity index (χ2v) is 9.50. The molecular formula is C16H13ClF3N3O5S2. The van der Waals surface area contributed by atoms with Crippen molar-refractivity contribution in [3.8, 4) is 0 Å². The van der Waals surface area contributed by atoms with Crippen molar-refractivity contribution in [2.24, 2.45) is 0 Å². The predicted molar refractivity (Wildman–Crippen MR) is 102 cm³/mol. The largest absolute Gasteiger partial charge is 0.417 e. The van der Waals surface area contributed by atoms with Crippen LogP contribution in [0.25, 0.3) is 0 Å². The molecule has 0 unspecified atom stereocenters. The maximum atomic E-state index is 13.0. The first-order valence-corrected chi connectivity index (χ1v) is 11.0. The van der Waals surface area contributed by atoms with Crippen molar-refractivity contribution in [2.75, 3.05) is 26.2 Å². The minimum Gasteiger partial charge on any atom is -0.336 e. The molecule has 0 N–H and O–H groups in total. The highest BCUT2D eigenvalue weighted by Gasteiger charge is 2.36. The Morgan fingerprint density at radius 2 is 1.80 bits per heavy atom. The molecule has 1 aromatic heterocycles. The molecule has 0 atom stereocenters. The van der Waals surface area contributed by atoms with E-state index in [2.05, 4.69) is 0 Å². The van der Waals surface area contributed by atoms with Crippen LogP contribution in [0.4, 0.5) is 18.2 Å². The predicted octanol–water partition coefficient (Wildman–Crippen LogP) is 3.48. The molecule has 3 rings (SSSR count). The first-order chi connectivity index (χ1) is 13.9. The molecule has 0 spiro atoms. The zero-order valence-electron chi connectivity index (χ0n) is 14.9. The Labute approximate surface area is 177 Å². The normalized spacial score (nSPS) is 15.9. The molecule has 30 heavy (non-hydrogen) atoms. The van der Waals surface area contributed by atoms with Gasteiger partial charge in [0.2, 0.25) is 10.0 Å². The van der Waals surface area contributed by atoms with Crippen molar-refractivity contribution < 1.29 is 31.3 Å². The van der Waals surface area contributed by atoms with Gasteiger partial charge in [-0.2, -0.15) is 17.5 Å². The molecule has 1 aromatic carbocycles. The lowest BCUT2D eigenvalue weighted by Gasteiger charge is -2.34. The summed E-state index contributed by atoms with van der Waals surface area (Å²) in [5.41, 5.74) is -1.13. The zero-order chi connectivity index (χ0) is 22.3. The van der Waals surface area contributed by atoms with Gasteiger partial charge in [-0.25, -0.2) is 8.42 Å². The number of nitrogens with zero attached hydrogens (tertiary/aromatic N) is 3. The Hall–Kier alpha value is -2.22. The SMILES string of the molecule is O=C(c1csc([N+](=O)[O-])c1)N1CCN(S(=O)(=O)c2ccc(Cl)c(C(F)(F)F)c2)CC1. The molecule has 1 aliphatic heterocycles. The quantitative estimate of drug-likeness (QED) is 0.489. The number of alkyl halides is 3. The van der Waals surface area contributed by atoms with Crippen molar-refractivity contribution >= 4 is 43.9 Å². The van der Waals surface area contributed by atoms with Crippen LogP contribution in [0.5, 0.6) is 0 Å². The Kier molecular flexibility index (Phi) is 6.09. The highest BCUT2D eigenvalue weighted by atomic mass is 35.5. The molecule has 8 nitrogen and oxygen atoms in total. The number of carbonyl (C=O) groups is 1. The van der Waals surface area contributed by atoms with E-state index < -0.39 is 42.5 Å². The van der Waals surface area contributed by atoms with Crippen LogP contribution < -0.4 is 0 Å². The lowest BCUT2D eigenvalue weighted by Crippen LogP contribution is -2.50. The number of hydrogen-bond donors (Lipinski definition) is 0. The fourth-order valence-electron chi connectivity index (χ4n) is 2.88. The van der Waals surface area contributed by atoms with E-state index in [1.165, 1.54) is 10.3 Å². The van der Waals surface area contributed by atoms with Gasteiger partial charge in [-0.15, -0.1) is 0 Å². The monoisotopic (exact) mass is 483 g/mol. The number of thiophene rings is 1. The van der Waals surface area contributed by atoms with Crippen LogP contribution in [0.3, 0.4) is 0 Å². The van der Waals surface area contributed by atoms with Gasteiger partial charge in [0, 0.05) is 37.6 Å². The minimum absolute atomic E-state index is 0.0125. The average Bonchev–Trinajstić information content (AvgIpc) is 3.17. The summed E-state index contributed by atoms with van der Waals surface area (Å²) in [5, 5.41) is 11.3. The third-order valence-corrected chi connectivity index (χ3v) is 7.52. The second kappa shape index (κ2) is 8.13. The van der Waals surface area contributed by atoms with E-state index in [1.807, 2.05) is 0 Å². The van der Waals surface area contributed by atoms with Crippen molar-refractivity contribution in [1.29, 1.82) is 0 Å². The van der Waals surface area contributed by atoms with Gasteiger partial charge in [-0.1, -0.05) is 22.9 Å². The summed E-state index contributed by atoms with van der Waals surface area (Å²) >= 11 is 6.34. The molecule has 1 saturated heterocycles. The van der Waals surface area contributed by atoms with Crippen LogP contribution in [-0.4, -0.2) is 54.6 Å². The van der Waals surface area contributed by atoms with Crippen molar-refractivity contribution in [3.05, 3.63) is 55.9 Å². The van der Waals surface area contributed by atoms with Crippen LogP contribution in [0.1, 0.15) is 15.9 Å². The number of benzene rings is 1. The van der Waals surface area contributed by atoms with E-state index in [9.17, 15) is 36.5 Å². The molecule has 2 heterocycles. The highest BCUT2D eigenvalue weighted by Crippen LogP contribution is 2.36. The number of rotatable bonds is 4. The van der Waals surface area contributed by atoms with Crippen LogP contribution in [0.15, 0.2) is 34.5 Å². The van der Waals surface area contributed by atoms with E-state index in [0.29, 0.717) is 6.07 Å². The molecule has 0 saturated carbocycles. The van der Waals surface area contributed by atoms with Crippen LogP contribution >= 0.6 is 22.9 Å². The summed E-state index contributed by atoms with van der Waals surface area (Å²) < 4.78 is 65.6. The first-order valence-electron chi connectivity index (χ1n) is 8.30.